The van der Waals surface area contributed by atoms with Crippen LogP contribution in [0.4, 0.5) is 5.82 Å². The van der Waals surface area contributed by atoms with Gasteiger partial charge in [-0.15, -0.1) is 0 Å². The van der Waals surface area contributed by atoms with Crippen LogP contribution < -0.4 is 10.6 Å². The van der Waals surface area contributed by atoms with E-state index in [4.69, 9.17) is 28.2 Å². The highest BCUT2D eigenvalue weighted by Crippen LogP contribution is 2.35. The minimum atomic E-state index is -0.300. The lowest BCUT2D eigenvalue weighted by molar-refractivity contribution is -0.130. The maximum absolute atomic E-state index is 13.7. The molecule has 2 aliphatic rings. The van der Waals surface area contributed by atoms with E-state index in [1.165, 1.54) is 11.6 Å². The van der Waals surface area contributed by atoms with E-state index in [0.29, 0.717) is 42.0 Å². The zero-order chi connectivity index (χ0) is 31.9. The smallest absolute Gasteiger partial charge is 0.271 e. The van der Waals surface area contributed by atoms with E-state index >= 15 is 0 Å². The zero-order valence-electron chi connectivity index (χ0n) is 25.7. The number of fused-ring (bicyclic) bond motifs is 1. The number of anilines is 1. The van der Waals surface area contributed by atoms with Crippen molar-refractivity contribution >= 4 is 51.7 Å². The second-order valence-corrected chi connectivity index (χ2v) is 13.6. The highest BCUT2D eigenvalue weighted by Gasteiger charge is 2.35. The van der Waals surface area contributed by atoms with E-state index in [2.05, 4.69) is 71.3 Å². The topological polar surface area (TPSA) is 111 Å². The molecule has 0 radical (unpaired) electrons. The first-order valence-electron chi connectivity index (χ1n) is 15.2. The lowest BCUT2D eigenvalue weighted by Gasteiger charge is -2.39. The fraction of sp³-hybridized carbons (Fsp3) is 0.394. The van der Waals surface area contributed by atoms with E-state index in [1.807, 2.05) is 28.8 Å². The Labute approximate surface area is 272 Å². The average Bonchev–Trinajstić information content (AvgIpc) is 3.69. The van der Waals surface area contributed by atoms with Gasteiger partial charge in [0.2, 0.25) is 5.91 Å². The Bertz CT molecular complexity index is 1740. The van der Waals surface area contributed by atoms with Crippen LogP contribution in [0.2, 0.25) is 10.2 Å². The highest BCUT2D eigenvalue weighted by molar-refractivity contribution is 6.32. The monoisotopic (exact) mass is 648 g/mol. The number of rotatable bonds is 9. The number of halogens is 2. The minimum absolute atomic E-state index is 0.00581. The number of nitrogens with zero attached hydrogens (tertiary/aromatic N) is 5. The molecule has 2 saturated heterocycles. The number of nitrogens with one attached hydrogen (secondary N) is 3. The normalized spacial score (nSPS) is 17.4. The molecule has 0 saturated carbocycles. The molecule has 4 heterocycles. The van der Waals surface area contributed by atoms with Crippen molar-refractivity contribution in [2.45, 2.75) is 57.8 Å². The van der Waals surface area contributed by atoms with Crippen LogP contribution in [-0.4, -0.2) is 73.6 Å². The van der Waals surface area contributed by atoms with Gasteiger partial charge in [0.25, 0.3) is 5.91 Å². The first-order valence-corrected chi connectivity index (χ1v) is 15.9. The van der Waals surface area contributed by atoms with Crippen LogP contribution in [0.1, 0.15) is 60.7 Å². The Kier molecular flexibility index (Phi) is 8.65. The standard InChI is InChI=1S/C33H38Cl2N8O2/c1-5-28(44)42-17-21(18-42)37-32(45)29-30(35)38-27(43(29)22-11-12-41(19-22)16-20-9-7-6-8-10-20)15-36-31-23-13-24(33(2,3)4)25(34)14-26(23)39-40-31/h5-10,13-14,21-22H,1,11-12,15-19H2,2-4H3,(H,37,45)(H2,36,39,40). The lowest BCUT2D eigenvalue weighted by atomic mass is 9.86. The number of carbonyl (C=O) groups excluding carboxylic acids is 2. The van der Waals surface area contributed by atoms with E-state index in [-0.39, 0.29) is 34.5 Å². The van der Waals surface area contributed by atoms with Crippen molar-refractivity contribution in [3.05, 3.63) is 87.9 Å². The maximum atomic E-state index is 13.7. The number of amides is 2. The van der Waals surface area contributed by atoms with E-state index in [1.54, 1.807) is 4.90 Å². The molecule has 1 unspecified atom stereocenters. The first kappa shape index (κ1) is 31.1. The molecule has 4 aromatic rings. The fourth-order valence-electron chi connectivity index (χ4n) is 6.22. The molecule has 6 rings (SSSR count). The molecule has 2 aromatic carbocycles. The Morgan fingerprint density at radius 3 is 2.60 bits per heavy atom. The molecule has 0 bridgehead atoms. The Morgan fingerprint density at radius 2 is 1.89 bits per heavy atom. The largest absolute Gasteiger partial charge is 0.361 e. The van der Waals surface area contributed by atoms with Crippen molar-refractivity contribution in [2.75, 3.05) is 31.5 Å². The van der Waals surface area contributed by atoms with E-state index in [0.717, 1.165) is 42.5 Å². The molecule has 2 aliphatic heterocycles. The van der Waals surface area contributed by atoms with Crippen LogP contribution in [0.5, 0.6) is 0 Å². The number of hydrogen-bond donors (Lipinski definition) is 3. The third-order valence-corrected chi connectivity index (χ3v) is 9.17. The molecule has 2 aromatic heterocycles. The van der Waals surface area contributed by atoms with Crippen molar-refractivity contribution < 1.29 is 9.59 Å². The third kappa shape index (κ3) is 6.45. The van der Waals surface area contributed by atoms with Crippen molar-refractivity contribution in [2.24, 2.45) is 0 Å². The average molecular weight is 650 g/mol. The molecular weight excluding hydrogens is 611 g/mol. The van der Waals surface area contributed by atoms with Gasteiger partial charge in [0.1, 0.15) is 11.5 Å². The summed E-state index contributed by atoms with van der Waals surface area (Å²) in [6.07, 6.45) is 2.13. The predicted molar refractivity (Wildman–Crippen MR) is 178 cm³/mol. The van der Waals surface area contributed by atoms with E-state index in [9.17, 15) is 9.59 Å². The number of hydrogen-bond acceptors (Lipinski definition) is 6. The summed E-state index contributed by atoms with van der Waals surface area (Å²) in [6, 6.07) is 14.2. The number of H-pyrrole nitrogens is 1. The Balaban J connectivity index is 1.26. The molecule has 2 amide bonds. The van der Waals surface area contributed by atoms with Crippen LogP contribution in [0, 0.1) is 0 Å². The number of imidazole rings is 1. The number of likely N-dealkylation sites (tertiary alicyclic amines) is 2. The van der Waals surface area contributed by atoms with Gasteiger partial charge >= 0.3 is 0 Å². The molecule has 45 heavy (non-hydrogen) atoms. The Morgan fingerprint density at radius 1 is 1.13 bits per heavy atom. The summed E-state index contributed by atoms with van der Waals surface area (Å²) in [4.78, 5) is 34.3. The summed E-state index contributed by atoms with van der Waals surface area (Å²) in [5.41, 5.74) is 3.29. The molecule has 1 atom stereocenters. The summed E-state index contributed by atoms with van der Waals surface area (Å²) >= 11 is 13.3. The summed E-state index contributed by atoms with van der Waals surface area (Å²) in [5, 5.41) is 15.8. The van der Waals surface area contributed by atoms with Gasteiger partial charge in [-0.05, 0) is 41.2 Å². The summed E-state index contributed by atoms with van der Waals surface area (Å²) in [7, 11) is 0. The molecule has 236 valence electrons. The second-order valence-electron chi connectivity index (χ2n) is 12.9. The van der Waals surface area contributed by atoms with E-state index < -0.39 is 0 Å². The summed E-state index contributed by atoms with van der Waals surface area (Å²) < 4.78 is 1.99. The van der Waals surface area contributed by atoms with Gasteiger partial charge in [0, 0.05) is 49.2 Å². The molecule has 12 heteroatoms. The molecule has 0 spiro atoms. The number of aromatic nitrogens is 4. The van der Waals surface area contributed by atoms with Crippen LogP contribution in [0.15, 0.2) is 55.1 Å². The summed E-state index contributed by atoms with van der Waals surface area (Å²) in [6.45, 7) is 13.5. The number of benzene rings is 2. The quantitative estimate of drug-likeness (QED) is 0.205. The molecular formula is C33H38Cl2N8O2. The third-order valence-electron chi connectivity index (χ3n) is 8.59. The molecule has 3 N–H and O–H groups in total. The minimum Gasteiger partial charge on any atom is -0.361 e. The van der Waals surface area contributed by atoms with Gasteiger partial charge in [0.05, 0.1) is 18.1 Å². The zero-order valence-corrected chi connectivity index (χ0v) is 27.3. The van der Waals surface area contributed by atoms with Gasteiger partial charge in [-0.3, -0.25) is 19.6 Å². The predicted octanol–water partition coefficient (Wildman–Crippen LogP) is 5.55. The summed E-state index contributed by atoms with van der Waals surface area (Å²) in [5.74, 6) is 0.868. The second kappa shape index (κ2) is 12.5. The molecule has 2 fully saturated rings. The van der Waals surface area contributed by atoms with Crippen LogP contribution >= 0.6 is 23.2 Å². The van der Waals surface area contributed by atoms with Crippen LogP contribution in [0.25, 0.3) is 10.9 Å². The molecule has 10 nitrogen and oxygen atoms in total. The van der Waals surface area contributed by atoms with Gasteiger partial charge in [-0.25, -0.2) is 4.98 Å². The highest BCUT2D eigenvalue weighted by atomic mass is 35.5. The molecule has 0 aliphatic carbocycles. The fourth-order valence-corrected chi connectivity index (χ4v) is 6.94. The van der Waals surface area contributed by atoms with Crippen molar-refractivity contribution in [1.82, 2.24) is 34.9 Å². The van der Waals surface area contributed by atoms with Gasteiger partial charge in [-0.1, -0.05) is 80.9 Å². The maximum Gasteiger partial charge on any atom is 0.271 e. The van der Waals surface area contributed by atoms with Gasteiger partial charge in [-0.2, -0.15) is 5.10 Å². The van der Waals surface area contributed by atoms with Gasteiger partial charge in [0.15, 0.2) is 11.0 Å². The SMILES string of the molecule is C=CC(=O)N1CC(NC(=O)c2c(Cl)nc(CNc3n[nH]c4cc(Cl)c(C(C)(C)C)cc34)n2C2CCN(Cc3ccccc3)C2)C1. The number of carbonyl (C=O) groups is 2. The van der Waals surface area contributed by atoms with Crippen molar-refractivity contribution in [1.29, 1.82) is 0 Å². The lowest BCUT2D eigenvalue weighted by Crippen LogP contribution is -2.60. The number of aromatic amines is 1. The van der Waals surface area contributed by atoms with Gasteiger partial charge < -0.3 is 20.1 Å². The van der Waals surface area contributed by atoms with Crippen molar-refractivity contribution in [3.63, 3.8) is 0 Å². The Hall–Kier alpha value is -3.86. The first-order chi connectivity index (χ1) is 21.5. The van der Waals surface area contributed by atoms with Crippen LogP contribution in [-0.2, 0) is 23.3 Å². The van der Waals surface area contributed by atoms with Crippen molar-refractivity contribution in [3.8, 4) is 0 Å². The van der Waals surface area contributed by atoms with Crippen LogP contribution in [0.3, 0.4) is 0 Å².